The lowest BCUT2D eigenvalue weighted by molar-refractivity contribution is 1.21. The normalized spacial score (nSPS) is 12.8. The van der Waals surface area contributed by atoms with Crippen LogP contribution >= 0.6 is 54.8 Å². The third-order valence-electron chi connectivity index (χ3n) is 2.60. The smallest absolute Gasteiger partial charge is 0.0738 e. The van der Waals surface area contributed by atoms with Crippen molar-refractivity contribution in [1.29, 1.82) is 0 Å². The van der Waals surface area contributed by atoms with Gasteiger partial charge in [-0.25, -0.2) is 0 Å². The lowest BCUT2D eigenvalue weighted by atomic mass is 10.1. The van der Waals surface area contributed by atoms with Gasteiger partial charge in [-0.2, -0.15) is 0 Å². The van der Waals surface area contributed by atoms with Crippen LogP contribution in [-0.4, -0.2) is 0 Å². The standard InChI is InChI=1S/C13H11Br2ClS/c1-7-5-9(3-4-11(7)16)13(15)12-6-10(14)8(2)17-12/h3-6,13H,1-2H3. The average Bonchev–Trinajstić information content (AvgIpc) is 2.62. The fourth-order valence-electron chi connectivity index (χ4n) is 1.60. The molecule has 0 saturated heterocycles. The van der Waals surface area contributed by atoms with Crippen LogP contribution in [0, 0.1) is 13.8 Å². The summed E-state index contributed by atoms with van der Waals surface area (Å²) in [7, 11) is 0. The maximum atomic E-state index is 6.04. The summed E-state index contributed by atoms with van der Waals surface area (Å²) in [6.45, 7) is 4.15. The van der Waals surface area contributed by atoms with E-state index in [1.807, 2.05) is 13.0 Å². The summed E-state index contributed by atoms with van der Waals surface area (Å²) in [5.74, 6) is 0. The maximum Gasteiger partial charge on any atom is 0.0738 e. The Kier molecular flexibility index (Phi) is 4.35. The van der Waals surface area contributed by atoms with Crippen molar-refractivity contribution in [2.45, 2.75) is 18.7 Å². The van der Waals surface area contributed by atoms with Crippen LogP contribution in [0.15, 0.2) is 28.7 Å². The van der Waals surface area contributed by atoms with E-state index in [1.54, 1.807) is 11.3 Å². The van der Waals surface area contributed by atoms with Gasteiger partial charge in [-0.3, -0.25) is 0 Å². The first kappa shape index (κ1) is 13.6. The molecule has 1 atom stereocenters. The Bertz CT molecular complexity index is 529. The van der Waals surface area contributed by atoms with Crippen LogP contribution < -0.4 is 0 Å². The molecule has 0 N–H and O–H groups in total. The first-order valence-electron chi connectivity index (χ1n) is 5.15. The van der Waals surface area contributed by atoms with Gasteiger partial charge in [-0.05, 0) is 53.0 Å². The lowest BCUT2D eigenvalue weighted by Gasteiger charge is -2.09. The number of rotatable bonds is 2. The highest BCUT2D eigenvalue weighted by molar-refractivity contribution is 9.10. The Hall–Kier alpha value is 0.170. The highest BCUT2D eigenvalue weighted by atomic mass is 79.9. The minimum absolute atomic E-state index is 0.230. The van der Waals surface area contributed by atoms with E-state index < -0.39 is 0 Å². The molecule has 2 aromatic rings. The fraction of sp³-hybridized carbons (Fsp3) is 0.231. The zero-order valence-electron chi connectivity index (χ0n) is 9.43. The highest BCUT2D eigenvalue weighted by Crippen LogP contribution is 2.39. The van der Waals surface area contributed by atoms with Gasteiger partial charge >= 0.3 is 0 Å². The lowest BCUT2D eigenvalue weighted by Crippen LogP contribution is -1.90. The predicted molar refractivity (Wildman–Crippen MR) is 83.7 cm³/mol. The van der Waals surface area contributed by atoms with Crippen LogP contribution in [-0.2, 0) is 0 Å². The van der Waals surface area contributed by atoms with Crippen LogP contribution in [0.2, 0.25) is 5.02 Å². The topological polar surface area (TPSA) is 0 Å². The van der Waals surface area contributed by atoms with Crippen molar-refractivity contribution in [1.82, 2.24) is 0 Å². The van der Waals surface area contributed by atoms with Gasteiger partial charge in [0.25, 0.3) is 0 Å². The van der Waals surface area contributed by atoms with Crippen molar-refractivity contribution in [2.24, 2.45) is 0 Å². The van der Waals surface area contributed by atoms with E-state index in [9.17, 15) is 0 Å². The molecule has 90 valence electrons. The fourth-order valence-corrected chi connectivity index (χ4v) is 3.98. The SMILES string of the molecule is Cc1cc(C(Br)c2cc(Br)c(C)s2)ccc1Cl. The minimum Gasteiger partial charge on any atom is -0.143 e. The highest BCUT2D eigenvalue weighted by Gasteiger charge is 2.14. The molecular weight excluding hydrogens is 383 g/mol. The number of halogens is 3. The molecule has 0 bridgehead atoms. The molecule has 0 spiro atoms. The minimum atomic E-state index is 0.230. The molecule has 1 heterocycles. The monoisotopic (exact) mass is 392 g/mol. The second-order valence-corrected chi connectivity index (χ2v) is 7.39. The van der Waals surface area contributed by atoms with Crippen molar-refractivity contribution >= 4 is 54.8 Å². The van der Waals surface area contributed by atoms with Crippen molar-refractivity contribution in [3.8, 4) is 0 Å². The second-order valence-electron chi connectivity index (χ2n) is 3.92. The average molecular weight is 395 g/mol. The van der Waals surface area contributed by atoms with E-state index in [0.717, 1.165) is 10.6 Å². The molecule has 4 heteroatoms. The predicted octanol–water partition coefficient (Wildman–Crippen LogP) is 6.27. The van der Waals surface area contributed by atoms with Gasteiger partial charge in [-0.15, -0.1) is 11.3 Å². The molecule has 0 radical (unpaired) electrons. The van der Waals surface area contributed by atoms with Crippen molar-refractivity contribution in [2.75, 3.05) is 0 Å². The van der Waals surface area contributed by atoms with Gasteiger partial charge in [0.2, 0.25) is 0 Å². The Balaban J connectivity index is 2.36. The van der Waals surface area contributed by atoms with E-state index >= 15 is 0 Å². The number of thiophene rings is 1. The van der Waals surface area contributed by atoms with Gasteiger partial charge in [-0.1, -0.05) is 39.7 Å². The third-order valence-corrected chi connectivity index (χ3v) is 6.55. The van der Waals surface area contributed by atoms with E-state index in [2.05, 4.69) is 57.0 Å². The summed E-state index contributed by atoms with van der Waals surface area (Å²) < 4.78 is 1.17. The quantitative estimate of drug-likeness (QED) is 0.527. The first-order chi connectivity index (χ1) is 7.99. The number of alkyl halides is 1. The molecule has 1 aromatic heterocycles. The van der Waals surface area contributed by atoms with Gasteiger partial charge in [0.05, 0.1) is 4.83 Å². The number of hydrogen-bond acceptors (Lipinski definition) is 1. The van der Waals surface area contributed by atoms with Crippen LogP contribution in [0.25, 0.3) is 0 Å². The zero-order valence-corrected chi connectivity index (χ0v) is 14.2. The van der Waals surface area contributed by atoms with Crippen LogP contribution in [0.4, 0.5) is 0 Å². The van der Waals surface area contributed by atoms with E-state index in [4.69, 9.17) is 11.6 Å². The van der Waals surface area contributed by atoms with Crippen molar-refractivity contribution in [3.05, 3.63) is 54.6 Å². The van der Waals surface area contributed by atoms with Gasteiger partial charge in [0.1, 0.15) is 0 Å². The molecular formula is C13H11Br2ClS. The summed E-state index contributed by atoms with van der Waals surface area (Å²) in [6, 6.07) is 8.32. The molecule has 0 aliphatic heterocycles. The van der Waals surface area contributed by atoms with Crippen LogP contribution in [0.5, 0.6) is 0 Å². The molecule has 1 aromatic carbocycles. The number of hydrogen-bond donors (Lipinski definition) is 0. The first-order valence-corrected chi connectivity index (χ1v) is 8.05. The largest absolute Gasteiger partial charge is 0.143 e. The number of benzene rings is 1. The van der Waals surface area contributed by atoms with Crippen molar-refractivity contribution in [3.63, 3.8) is 0 Å². The van der Waals surface area contributed by atoms with Crippen molar-refractivity contribution < 1.29 is 0 Å². The molecule has 17 heavy (non-hydrogen) atoms. The Morgan fingerprint density at radius 1 is 1.24 bits per heavy atom. The third kappa shape index (κ3) is 2.95. The summed E-state index contributed by atoms with van der Waals surface area (Å²) in [4.78, 5) is 2.83. The molecule has 0 nitrogen and oxygen atoms in total. The molecule has 0 fully saturated rings. The van der Waals surface area contributed by atoms with E-state index in [-0.39, 0.29) is 4.83 Å². The maximum absolute atomic E-state index is 6.04. The molecule has 1 unspecified atom stereocenters. The van der Waals surface area contributed by atoms with Crippen LogP contribution in [0.1, 0.15) is 25.7 Å². The van der Waals surface area contributed by atoms with E-state index in [1.165, 1.54) is 19.8 Å². The molecule has 0 saturated carbocycles. The van der Waals surface area contributed by atoms with E-state index in [0.29, 0.717) is 0 Å². The molecule has 2 rings (SSSR count). The molecule has 0 aliphatic rings. The second kappa shape index (κ2) is 5.43. The van der Waals surface area contributed by atoms with Gasteiger partial charge < -0.3 is 0 Å². The summed E-state index contributed by atoms with van der Waals surface area (Å²) in [5.41, 5.74) is 2.35. The Morgan fingerprint density at radius 2 is 1.94 bits per heavy atom. The molecule has 0 amide bonds. The van der Waals surface area contributed by atoms with Crippen LogP contribution in [0.3, 0.4) is 0 Å². The Morgan fingerprint density at radius 3 is 2.47 bits per heavy atom. The number of aryl methyl sites for hydroxylation is 2. The zero-order chi connectivity index (χ0) is 12.6. The van der Waals surface area contributed by atoms with Gasteiger partial charge in [0, 0.05) is 19.2 Å². The summed E-state index contributed by atoms with van der Waals surface area (Å²) >= 11 is 15.1. The van der Waals surface area contributed by atoms with Gasteiger partial charge in [0.15, 0.2) is 0 Å². The summed E-state index contributed by atoms with van der Waals surface area (Å²) in [6.07, 6.45) is 0. The summed E-state index contributed by atoms with van der Waals surface area (Å²) in [5, 5.41) is 0.817. The molecule has 0 aliphatic carbocycles. The Labute approximate surface area is 127 Å².